The first kappa shape index (κ1) is 22.7. The van der Waals surface area contributed by atoms with Gasteiger partial charge in [0.2, 0.25) is 9.05 Å². The van der Waals surface area contributed by atoms with Crippen LogP contribution < -0.4 is 0 Å². The molecule has 0 bridgehead atoms. The predicted octanol–water partition coefficient (Wildman–Crippen LogP) is 1.97. The topological polar surface area (TPSA) is 101 Å². The number of carbonyl (C=O) groups is 3. The summed E-state index contributed by atoms with van der Waals surface area (Å²) in [4.78, 5) is 39.1. The number of urea groups is 1. The highest BCUT2D eigenvalue weighted by Crippen LogP contribution is 2.26. The van der Waals surface area contributed by atoms with Crippen molar-refractivity contribution in [1.82, 2.24) is 9.80 Å². The number of unbranched alkanes of at least 4 members (excludes halogenated alkanes) is 1. The Hall–Kier alpha value is -1.35. The van der Waals surface area contributed by atoms with Crippen molar-refractivity contribution in [1.29, 1.82) is 0 Å². The molecule has 8 nitrogen and oxygen atoms in total. The lowest BCUT2D eigenvalue weighted by molar-refractivity contribution is -0.148. The maximum atomic E-state index is 12.3. The molecule has 10 heteroatoms. The summed E-state index contributed by atoms with van der Waals surface area (Å²) in [7, 11) is 2.95. The van der Waals surface area contributed by atoms with E-state index < -0.39 is 38.3 Å². The van der Waals surface area contributed by atoms with Crippen LogP contribution in [0, 0.1) is 5.92 Å². The van der Waals surface area contributed by atoms with Crippen LogP contribution in [-0.2, 0) is 23.4 Å². The standard InChI is InChI=1S/C16H27ClN2O6S/c1-5-6-10-25-13(20)12(11-26(17,23)24)8-7-9-19-14(21)16(2,3)18(4)15(19)22/h12H,5-11H2,1-4H3. The van der Waals surface area contributed by atoms with Gasteiger partial charge in [-0.3, -0.25) is 14.5 Å². The summed E-state index contributed by atoms with van der Waals surface area (Å²) in [5, 5.41) is 0. The van der Waals surface area contributed by atoms with Crippen LogP contribution in [0.1, 0.15) is 46.5 Å². The second-order valence-corrected chi connectivity index (χ2v) is 9.74. The van der Waals surface area contributed by atoms with Crippen molar-refractivity contribution in [3.8, 4) is 0 Å². The van der Waals surface area contributed by atoms with E-state index in [9.17, 15) is 22.8 Å². The van der Waals surface area contributed by atoms with E-state index in [2.05, 4.69) is 0 Å². The first-order valence-corrected chi connectivity index (χ1v) is 11.1. The quantitative estimate of drug-likeness (QED) is 0.236. The van der Waals surface area contributed by atoms with Gasteiger partial charge < -0.3 is 9.64 Å². The van der Waals surface area contributed by atoms with E-state index in [0.717, 1.165) is 11.3 Å². The van der Waals surface area contributed by atoms with Crippen molar-refractivity contribution < 1.29 is 27.5 Å². The first-order valence-electron chi connectivity index (χ1n) is 8.60. The summed E-state index contributed by atoms with van der Waals surface area (Å²) >= 11 is 0. The average Bonchev–Trinajstić information content (AvgIpc) is 2.67. The average molecular weight is 411 g/mol. The molecule has 26 heavy (non-hydrogen) atoms. The molecule has 0 aromatic carbocycles. The molecule has 0 spiro atoms. The number of halogens is 1. The zero-order valence-corrected chi connectivity index (χ0v) is 17.2. The van der Waals surface area contributed by atoms with Gasteiger partial charge in [0.15, 0.2) is 0 Å². The van der Waals surface area contributed by atoms with Crippen LogP contribution in [0.2, 0.25) is 0 Å². The number of hydrogen-bond acceptors (Lipinski definition) is 6. The second-order valence-electron chi connectivity index (χ2n) is 6.92. The first-order chi connectivity index (χ1) is 11.9. The monoisotopic (exact) mass is 410 g/mol. The van der Waals surface area contributed by atoms with Crippen molar-refractivity contribution in [2.45, 2.75) is 52.0 Å². The Morgan fingerprint density at radius 2 is 1.88 bits per heavy atom. The van der Waals surface area contributed by atoms with Gasteiger partial charge in [-0.25, -0.2) is 13.2 Å². The van der Waals surface area contributed by atoms with E-state index in [-0.39, 0.29) is 31.9 Å². The van der Waals surface area contributed by atoms with E-state index in [1.807, 2.05) is 6.92 Å². The highest BCUT2D eigenvalue weighted by atomic mass is 35.7. The molecule has 1 heterocycles. The highest BCUT2D eigenvalue weighted by molar-refractivity contribution is 8.13. The number of likely N-dealkylation sites (N-methyl/N-ethyl adjacent to an activating group) is 1. The molecule has 0 aromatic heterocycles. The normalized spacial score (nSPS) is 18.3. The lowest BCUT2D eigenvalue weighted by atomic mass is 10.0. The molecule has 1 atom stereocenters. The highest BCUT2D eigenvalue weighted by Gasteiger charge is 2.48. The zero-order chi connectivity index (χ0) is 20.1. The number of hydrogen-bond donors (Lipinski definition) is 0. The Morgan fingerprint density at radius 1 is 1.27 bits per heavy atom. The van der Waals surface area contributed by atoms with E-state index >= 15 is 0 Å². The van der Waals surface area contributed by atoms with Gasteiger partial charge in [0.25, 0.3) is 5.91 Å². The number of nitrogens with zero attached hydrogens (tertiary/aromatic N) is 2. The van der Waals surface area contributed by atoms with Gasteiger partial charge in [0.05, 0.1) is 18.3 Å². The fourth-order valence-corrected chi connectivity index (χ4v) is 3.86. The molecule has 1 aliphatic heterocycles. The third kappa shape index (κ3) is 5.84. The number of ether oxygens (including phenoxy) is 1. The third-order valence-electron chi connectivity index (χ3n) is 4.53. The van der Waals surface area contributed by atoms with E-state index in [1.54, 1.807) is 20.9 Å². The maximum Gasteiger partial charge on any atom is 0.327 e. The van der Waals surface area contributed by atoms with Gasteiger partial charge in [0, 0.05) is 24.3 Å². The molecule has 1 saturated heterocycles. The zero-order valence-electron chi connectivity index (χ0n) is 15.7. The molecule has 3 amide bonds. The lowest BCUT2D eigenvalue weighted by Crippen LogP contribution is -2.41. The number of amides is 3. The Bertz CT molecular complexity index is 649. The van der Waals surface area contributed by atoms with Gasteiger partial charge in [-0.2, -0.15) is 0 Å². The molecule has 1 aliphatic rings. The van der Waals surface area contributed by atoms with Crippen molar-refractivity contribution in [2.24, 2.45) is 5.92 Å². The molecule has 0 aliphatic carbocycles. The number of rotatable bonds is 10. The SMILES string of the molecule is CCCCOC(=O)C(CCCN1C(=O)N(C)C(C)(C)C1=O)CS(=O)(=O)Cl. The summed E-state index contributed by atoms with van der Waals surface area (Å²) in [5.41, 5.74) is -0.922. The predicted molar refractivity (Wildman–Crippen MR) is 97.2 cm³/mol. The number of imide groups is 1. The van der Waals surface area contributed by atoms with Crippen molar-refractivity contribution in [3.63, 3.8) is 0 Å². The molecule has 0 N–H and O–H groups in total. The van der Waals surface area contributed by atoms with Crippen LogP contribution in [-0.4, -0.2) is 67.6 Å². The molecule has 1 unspecified atom stereocenters. The fourth-order valence-electron chi connectivity index (χ4n) is 2.62. The Balaban J connectivity index is 2.67. The second kappa shape index (κ2) is 9.03. The van der Waals surface area contributed by atoms with Crippen molar-refractivity contribution >= 4 is 37.6 Å². The summed E-state index contributed by atoms with van der Waals surface area (Å²) < 4.78 is 27.8. The number of carbonyl (C=O) groups excluding carboxylic acids is 3. The van der Waals surface area contributed by atoms with Gasteiger partial charge in [0.1, 0.15) is 5.54 Å². The molecule has 150 valence electrons. The molecule has 1 fully saturated rings. The lowest BCUT2D eigenvalue weighted by Gasteiger charge is -2.22. The molecule has 0 radical (unpaired) electrons. The van der Waals surface area contributed by atoms with Crippen LogP contribution in [0.15, 0.2) is 0 Å². The van der Waals surface area contributed by atoms with Gasteiger partial charge in [-0.05, 0) is 33.1 Å². The Morgan fingerprint density at radius 3 is 2.35 bits per heavy atom. The minimum absolute atomic E-state index is 0.104. The number of esters is 1. The summed E-state index contributed by atoms with van der Waals surface area (Å²) in [5.74, 6) is -2.41. The van der Waals surface area contributed by atoms with Gasteiger partial charge in [-0.15, -0.1) is 0 Å². The summed E-state index contributed by atoms with van der Waals surface area (Å²) in [6, 6.07) is -0.410. The third-order valence-corrected chi connectivity index (χ3v) is 5.71. The minimum atomic E-state index is -3.88. The molecule has 1 rings (SSSR count). The summed E-state index contributed by atoms with van der Waals surface area (Å²) in [6.07, 6.45) is 1.96. The van der Waals surface area contributed by atoms with Crippen molar-refractivity contribution in [2.75, 3.05) is 26.0 Å². The molecular weight excluding hydrogens is 384 g/mol. The van der Waals surface area contributed by atoms with Crippen LogP contribution in [0.3, 0.4) is 0 Å². The Labute approximate surface area is 159 Å². The van der Waals surface area contributed by atoms with E-state index in [0.29, 0.717) is 6.42 Å². The van der Waals surface area contributed by atoms with Crippen LogP contribution >= 0.6 is 10.7 Å². The largest absolute Gasteiger partial charge is 0.465 e. The molecular formula is C16H27ClN2O6S. The van der Waals surface area contributed by atoms with Gasteiger partial charge in [-0.1, -0.05) is 13.3 Å². The molecule has 0 saturated carbocycles. The Kier molecular flexibility index (Phi) is 7.88. The molecule has 0 aromatic rings. The van der Waals surface area contributed by atoms with Crippen LogP contribution in [0.5, 0.6) is 0 Å². The van der Waals surface area contributed by atoms with Crippen molar-refractivity contribution in [3.05, 3.63) is 0 Å². The smallest absolute Gasteiger partial charge is 0.327 e. The van der Waals surface area contributed by atoms with E-state index in [1.165, 1.54) is 4.90 Å². The van der Waals surface area contributed by atoms with Gasteiger partial charge >= 0.3 is 12.0 Å². The van der Waals surface area contributed by atoms with Crippen LogP contribution in [0.4, 0.5) is 4.79 Å². The minimum Gasteiger partial charge on any atom is -0.465 e. The van der Waals surface area contributed by atoms with E-state index in [4.69, 9.17) is 15.4 Å². The maximum absolute atomic E-state index is 12.3. The summed E-state index contributed by atoms with van der Waals surface area (Å²) in [6.45, 7) is 5.57. The van der Waals surface area contributed by atoms with Crippen LogP contribution in [0.25, 0.3) is 0 Å². The fraction of sp³-hybridized carbons (Fsp3) is 0.812.